The van der Waals surface area contributed by atoms with Crippen molar-refractivity contribution in [3.8, 4) is 0 Å². The Bertz CT molecular complexity index is 378. The van der Waals surface area contributed by atoms with Crippen molar-refractivity contribution in [2.24, 2.45) is 5.92 Å². The van der Waals surface area contributed by atoms with Gasteiger partial charge < -0.3 is 9.47 Å². The van der Waals surface area contributed by atoms with Crippen molar-refractivity contribution < 1.29 is 24.3 Å². The standard InChI is InChI=1S/C14H24NO5/c1-6-11(16)19-7-8-20-12(17)10-9-13(2,3)15(18)14(10,4)5/h10H,6-9H2,1-5H3. The summed E-state index contributed by atoms with van der Waals surface area (Å²) >= 11 is 0. The lowest BCUT2D eigenvalue weighted by Crippen LogP contribution is -2.47. The highest BCUT2D eigenvalue weighted by atomic mass is 16.6. The largest absolute Gasteiger partial charge is 0.462 e. The smallest absolute Gasteiger partial charge is 0.311 e. The van der Waals surface area contributed by atoms with Crippen LogP contribution < -0.4 is 0 Å². The van der Waals surface area contributed by atoms with Crippen molar-refractivity contribution in [1.82, 2.24) is 5.06 Å². The molecular formula is C14H24NO5. The van der Waals surface area contributed by atoms with Crippen LogP contribution in [0.25, 0.3) is 0 Å². The quantitative estimate of drug-likeness (QED) is 0.568. The maximum Gasteiger partial charge on any atom is 0.311 e. The molecule has 6 heteroatoms. The van der Waals surface area contributed by atoms with Crippen molar-refractivity contribution in [2.75, 3.05) is 13.2 Å². The average molecular weight is 286 g/mol. The summed E-state index contributed by atoms with van der Waals surface area (Å²) in [5, 5.41) is 13.1. The number of carbonyl (C=O) groups is 2. The molecule has 1 atom stereocenters. The molecule has 0 amide bonds. The van der Waals surface area contributed by atoms with E-state index in [4.69, 9.17) is 9.47 Å². The lowest BCUT2D eigenvalue weighted by Gasteiger charge is -2.32. The molecule has 0 spiro atoms. The Morgan fingerprint density at radius 3 is 2.15 bits per heavy atom. The molecule has 1 aliphatic rings. The highest BCUT2D eigenvalue weighted by molar-refractivity contribution is 5.75. The van der Waals surface area contributed by atoms with Crippen LogP contribution in [-0.4, -0.2) is 41.3 Å². The van der Waals surface area contributed by atoms with Crippen LogP contribution >= 0.6 is 0 Å². The highest BCUT2D eigenvalue weighted by Gasteiger charge is 2.55. The van der Waals surface area contributed by atoms with Crippen LogP contribution in [0.4, 0.5) is 0 Å². The van der Waals surface area contributed by atoms with Crippen molar-refractivity contribution >= 4 is 11.9 Å². The monoisotopic (exact) mass is 286 g/mol. The molecule has 1 heterocycles. The Kier molecular flexibility index (Phi) is 5.15. The Morgan fingerprint density at radius 2 is 1.70 bits per heavy atom. The lowest BCUT2D eigenvalue weighted by molar-refractivity contribution is -0.248. The molecule has 1 aliphatic heterocycles. The van der Waals surface area contributed by atoms with Gasteiger partial charge in [-0.2, -0.15) is 0 Å². The molecule has 1 radical (unpaired) electrons. The number of ether oxygens (including phenoxy) is 2. The fourth-order valence-electron chi connectivity index (χ4n) is 2.63. The third-order valence-corrected chi connectivity index (χ3v) is 3.79. The van der Waals surface area contributed by atoms with Crippen LogP contribution in [0.15, 0.2) is 0 Å². The van der Waals surface area contributed by atoms with E-state index < -0.39 is 23.0 Å². The molecule has 0 aliphatic carbocycles. The van der Waals surface area contributed by atoms with E-state index in [1.165, 1.54) is 0 Å². The van der Waals surface area contributed by atoms with E-state index in [1.807, 2.05) is 13.8 Å². The van der Waals surface area contributed by atoms with E-state index in [2.05, 4.69) is 0 Å². The molecule has 20 heavy (non-hydrogen) atoms. The normalized spacial score (nSPS) is 24.4. The van der Waals surface area contributed by atoms with Crippen molar-refractivity contribution in [3.63, 3.8) is 0 Å². The maximum atomic E-state index is 12.2. The molecule has 0 aromatic carbocycles. The van der Waals surface area contributed by atoms with E-state index in [9.17, 15) is 14.8 Å². The van der Waals surface area contributed by atoms with Gasteiger partial charge in [0.05, 0.1) is 11.5 Å². The van der Waals surface area contributed by atoms with Gasteiger partial charge in [0.2, 0.25) is 0 Å². The van der Waals surface area contributed by atoms with Gasteiger partial charge in [-0.1, -0.05) is 6.92 Å². The zero-order chi connectivity index (χ0) is 15.6. The molecule has 6 nitrogen and oxygen atoms in total. The van der Waals surface area contributed by atoms with Gasteiger partial charge >= 0.3 is 11.9 Å². The fourth-order valence-corrected chi connectivity index (χ4v) is 2.63. The molecule has 0 N–H and O–H groups in total. The second kappa shape index (κ2) is 6.10. The van der Waals surface area contributed by atoms with E-state index in [0.717, 1.165) is 5.06 Å². The summed E-state index contributed by atoms with van der Waals surface area (Å²) < 4.78 is 9.95. The van der Waals surface area contributed by atoms with E-state index in [-0.39, 0.29) is 19.2 Å². The molecule has 0 aromatic heterocycles. The number of nitrogens with zero attached hydrogens (tertiary/aromatic N) is 1. The molecule has 0 saturated carbocycles. The predicted octanol–water partition coefficient (Wildman–Crippen LogP) is 1.71. The number of rotatable bonds is 5. The lowest BCUT2D eigenvalue weighted by atomic mass is 9.87. The Balaban J connectivity index is 2.50. The third kappa shape index (κ3) is 3.49. The van der Waals surface area contributed by atoms with Crippen molar-refractivity contribution in [3.05, 3.63) is 0 Å². The van der Waals surface area contributed by atoms with E-state index in [0.29, 0.717) is 12.8 Å². The van der Waals surface area contributed by atoms with E-state index >= 15 is 0 Å². The van der Waals surface area contributed by atoms with Crippen molar-refractivity contribution in [1.29, 1.82) is 0 Å². The maximum absolute atomic E-state index is 12.2. The second-order valence-electron chi connectivity index (χ2n) is 6.26. The zero-order valence-electron chi connectivity index (χ0n) is 12.9. The second-order valence-corrected chi connectivity index (χ2v) is 6.26. The highest BCUT2D eigenvalue weighted by Crippen LogP contribution is 2.44. The van der Waals surface area contributed by atoms with E-state index in [1.54, 1.807) is 20.8 Å². The van der Waals surface area contributed by atoms with Crippen LogP contribution in [-0.2, 0) is 24.3 Å². The third-order valence-electron chi connectivity index (χ3n) is 3.79. The number of hydrogen-bond acceptors (Lipinski definition) is 5. The summed E-state index contributed by atoms with van der Waals surface area (Å²) in [6.45, 7) is 8.90. The van der Waals surface area contributed by atoms with Gasteiger partial charge in [0, 0.05) is 12.0 Å². The summed E-state index contributed by atoms with van der Waals surface area (Å²) in [7, 11) is 0. The number of hydroxylamine groups is 2. The predicted molar refractivity (Wildman–Crippen MR) is 71.0 cm³/mol. The fraction of sp³-hybridized carbons (Fsp3) is 0.857. The van der Waals surface area contributed by atoms with Crippen LogP contribution in [0.3, 0.4) is 0 Å². The zero-order valence-corrected chi connectivity index (χ0v) is 12.9. The van der Waals surface area contributed by atoms with Gasteiger partial charge in [-0.05, 0) is 34.1 Å². The summed E-state index contributed by atoms with van der Waals surface area (Å²) in [5.74, 6) is -1.21. The molecule has 0 bridgehead atoms. The van der Waals surface area contributed by atoms with Crippen LogP contribution in [0.2, 0.25) is 0 Å². The van der Waals surface area contributed by atoms with Gasteiger partial charge in [-0.25, -0.2) is 0 Å². The number of esters is 2. The first-order valence-electron chi connectivity index (χ1n) is 6.92. The Morgan fingerprint density at radius 1 is 1.15 bits per heavy atom. The minimum absolute atomic E-state index is 0.0242. The van der Waals surface area contributed by atoms with Gasteiger partial charge in [0.1, 0.15) is 13.2 Å². The molecular weight excluding hydrogens is 262 g/mol. The minimum atomic E-state index is -0.791. The summed E-state index contributed by atoms with van der Waals surface area (Å²) in [5.41, 5.74) is -1.37. The summed E-state index contributed by atoms with van der Waals surface area (Å²) in [4.78, 5) is 23.0. The topological polar surface area (TPSA) is 75.7 Å². The van der Waals surface area contributed by atoms with Gasteiger partial charge in [-0.15, -0.1) is 10.3 Å². The van der Waals surface area contributed by atoms with Gasteiger partial charge in [-0.3, -0.25) is 9.59 Å². The minimum Gasteiger partial charge on any atom is -0.462 e. The Labute approximate surface area is 120 Å². The van der Waals surface area contributed by atoms with Crippen molar-refractivity contribution in [2.45, 2.75) is 58.5 Å². The van der Waals surface area contributed by atoms with Gasteiger partial charge in [0.15, 0.2) is 0 Å². The molecule has 1 unspecified atom stereocenters. The summed E-state index contributed by atoms with van der Waals surface area (Å²) in [6.07, 6.45) is 0.750. The first-order chi connectivity index (χ1) is 9.13. The Hall–Kier alpha value is -1.14. The molecule has 0 aromatic rings. The molecule has 1 rings (SSSR count). The molecule has 1 fully saturated rings. The molecule has 115 valence electrons. The summed E-state index contributed by atoms with van der Waals surface area (Å²) in [6, 6.07) is 0. The van der Waals surface area contributed by atoms with Crippen LogP contribution in [0.5, 0.6) is 0 Å². The van der Waals surface area contributed by atoms with Crippen LogP contribution in [0.1, 0.15) is 47.5 Å². The SMILES string of the molecule is CCC(=O)OCCOC(=O)C1CC(C)(C)N([O])C1(C)C. The van der Waals surface area contributed by atoms with Gasteiger partial charge in [0.25, 0.3) is 0 Å². The number of hydrogen-bond donors (Lipinski definition) is 0. The number of carbonyl (C=O) groups excluding carboxylic acids is 2. The van der Waals surface area contributed by atoms with Crippen LogP contribution in [0, 0.1) is 5.92 Å². The average Bonchev–Trinajstić information content (AvgIpc) is 2.54. The first kappa shape index (κ1) is 16.9. The first-order valence-corrected chi connectivity index (χ1v) is 6.92. The molecule has 1 saturated heterocycles.